The van der Waals surface area contributed by atoms with Crippen LogP contribution in [0.1, 0.15) is 27.6 Å². The van der Waals surface area contributed by atoms with E-state index in [1.165, 1.54) is 15.6 Å². The Morgan fingerprint density at radius 1 is 1.27 bits per heavy atom. The van der Waals surface area contributed by atoms with E-state index in [9.17, 15) is 4.79 Å². The van der Waals surface area contributed by atoms with Gasteiger partial charge in [-0.15, -0.1) is 11.3 Å². The van der Waals surface area contributed by atoms with Crippen LogP contribution >= 0.6 is 11.3 Å². The lowest BCUT2D eigenvalue weighted by atomic mass is 9.95. The van der Waals surface area contributed by atoms with Gasteiger partial charge < -0.3 is 15.0 Å². The molecule has 2 aromatic rings. The molecule has 0 aliphatic carbocycles. The zero-order valence-corrected chi connectivity index (χ0v) is 13.3. The number of fused-ring (bicyclic) bond motifs is 1. The third-order valence-corrected chi connectivity index (χ3v) is 5.77. The molecule has 1 aromatic heterocycles. The fraction of sp³-hybridized carbons (Fsp3) is 0.471. The largest absolute Gasteiger partial charge is 0.378 e. The van der Waals surface area contributed by atoms with Crippen molar-refractivity contribution in [3.63, 3.8) is 0 Å². The number of nitrogens with one attached hydrogen (secondary N) is 1. The van der Waals surface area contributed by atoms with E-state index in [1.54, 1.807) is 11.3 Å². The molecule has 2 aliphatic heterocycles. The molecule has 0 unspecified atom stereocenters. The van der Waals surface area contributed by atoms with Crippen LogP contribution in [0.5, 0.6) is 0 Å². The topological polar surface area (TPSA) is 41.6 Å². The first-order valence-electron chi connectivity index (χ1n) is 7.94. The van der Waals surface area contributed by atoms with Crippen molar-refractivity contribution in [1.29, 1.82) is 0 Å². The molecule has 0 saturated carbocycles. The monoisotopic (exact) mass is 316 g/mol. The van der Waals surface area contributed by atoms with Gasteiger partial charge in [-0.1, -0.05) is 18.2 Å². The fourth-order valence-corrected chi connectivity index (χ4v) is 4.70. The summed E-state index contributed by atoms with van der Waals surface area (Å²) >= 11 is 1.65. The molecule has 5 heteroatoms. The molecule has 1 atom stereocenters. The normalized spacial score (nSPS) is 22.4. The number of hydrogen-bond acceptors (Lipinski definition) is 4. The van der Waals surface area contributed by atoms with Crippen LogP contribution < -0.4 is 5.32 Å². The van der Waals surface area contributed by atoms with Crippen LogP contribution in [0.4, 0.5) is 0 Å². The predicted octanol–water partition coefficient (Wildman–Crippen LogP) is 2.45. The maximum atomic E-state index is 13.0. The first-order valence-corrected chi connectivity index (χ1v) is 8.75. The van der Waals surface area contributed by atoms with Gasteiger partial charge in [-0.05, 0) is 35.9 Å². The van der Waals surface area contributed by atoms with Gasteiger partial charge in [0, 0.05) is 24.3 Å². The van der Waals surface area contributed by atoms with E-state index in [0.717, 1.165) is 24.4 Å². The fourth-order valence-electron chi connectivity index (χ4n) is 3.44. The van der Waals surface area contributed by atoms with Gasteiger partial charge in [0.25, 0.3) is 5.91 Å². The van der Waals surface area contributed by atoms with Crippen molar-refractivity contribution >= 4 is 27.3 Å². The minimum Gasteiger partial charge on any atom is -0.378 e. The average molecular weight is 316 g/mol. The van der Waals surface area contributed by atoms with E-state index in [2.05, 4.69) is 29.6 Å². The molecular formula is C17H20N2O2S. The number of nitrogens with zero attached hydrogens (tertiary/aromatic N) is 1. The summed E-state index contributed by atoms with van der Waals surface area (Å²) < 4.78 is 6.60. The Morgan fingerprint density at radius 3 is 2.86 bits per heavy atom. The quantitative estimate of drug-likeness (QED) is 0.925. The summed E-state index contributed by atoms with van der Waals surface area (Å²) in [4.78, 5) is 15.9. The molecule has 4 rings (SSSR count). The summed E-state index contributed by atoms with van der Waals surface area (Å²) in [7, 11) is 0. The molecule has 116 valence electrons. The van der Waals surface area contributed by atoms with Crippen molar-refractivity contribution in [2.45, 2.75) is 12.3 Å². The lowest BCUT2D eigenvalue weighted by molar-refractivity contribution is 0.0305. The molecule has 2 fully saturated rings. The Labute approximate surface area is 134 Å². The Bertz CT molecular complexity index is 685. The summed E-state index contributed by atoms with van der Waals surface area (Å²) in [5.41, 5.74) is 1.27. The number of ether oxygens (including phenoxy) is 1. The highest BCUT2D eigenvalue weighted by Crippen LogP contribution is 2.39. The SMILES string of the molecule is O=C(c1sc2ccccc2c1[C@@H]1CCNC1)N1CCOCC1. The van der Waals surface area contributed by atoms with Gasteiger partial charge >= 0.3 is 0 Å². The third-order valence-electron chi connectivity index (χ3n) is 4.59. The molecule has 1 aromatic carbocycles. The molecule has 1 amide bonds. The molecule has 2 saturated heterocycles. The minimum absolute atomic E-state index is 0.186. The van der Waals surface area contributed by atoms with Gasteiger partial charge in [-0.2, -0.15) is 0 Å². The van der Waals surface area contributed by atoms with E-state index in [1.807, 2.05) is 4.90 Å². The van der Waals surface area contributed by atoms with Gasteiger partial charge in [0.2, 0.25) is 0 Å². The van der Waals surface area contributed by atoms with Crippen LogP contribution in [-0.2, 0) is 4.74 Å². The molecular weight excluding hydrogens is 296 g/mol. The Morgan fingerprint density at radius 2 is 2.09 bits per heavy atom. The molecule has 0 spiro atoms. The average Bonchev–Trinajstić information content (AvgIpc) is 3.21. The molecule has 4 nitrogen and oxygen atoms in total. The number of benzene rings is 1. The molecule has 0 radical (unpaired) electrons. The van der Waals surface area contributed by atoms with Crippen LogP contribution in [0.15, 0.2) is 24.3 Å². The molecule has 3 heterocycles. The zero-order chi connectivity index (χ0) is 14.9. The third kappa shape index (κ3) is 2.43. The Balaban J connectivity index is 1.78. The first kappa shape index (κ1) is 14.2. The van der Waals surface area contributed by atoms with E-state index in [0.29, 0.717) is 32.2 Å². The number of thiophene rings is 1. The highest BCUT2D eigenvalue weighted by molar-refractivity contribution is 7.21. The van der Waals surface area contributed by atoms with Gasteiger partial charge in [-0.3, -0.25) is 4.79 Å². The number of amides is 1. The van der Waals surface area contributed by atoms with Gasteiger partial charge in [0.1, 0.15) is 0 Å². The zero-order valence-electron chi connectivity index (χ0n) is 12.5. The van der Waals surface area contributed by atoms with Crippen molar-refractivity contribution in [1.82, 2.24) is 10.2 Å². The standard InChI is InChI=1S/C17H20N2O2S/c20-17(19-7-9-21-10-8-19)16-15(12-5-6-18-11-12)13-3-1-2-4-14(13)22-16/h1-4,12,18H,5-11H2/t12-/m1/s1. The van der Waals surface area contributed by atoms with E-state index in [-0.39, 0.29) is 5.91 Å². The van der Waals surface area contributed by atoms with Gasteiger partial charge in [0.05, 0.1) is 18.1 Å². The number of carbonyl (C=O) groups excluding carboxylic acids is 1. The summed E-state index contributed by atoms with van der Waals surface area (Å²) in [5, 5.41) is 4.69. The van der Waals surface area contributed by atoms with Crippen molar-refractivity contribution in [3.8, 4) is 0 Å². The summed E-state index contributed by atoms with van der Waals surface area (Å²) in [6, 6.07) is 8.42. The summed E-state index contributed by atoms with van der Waals surface area (Å²) in [6.45, 7) is 4.73. The maximum Gasteiger partial charge on any atom is 0.264 e. The Hall–Kier alpha value is -1.43. The smallest absolute Gasteiger partial charge is 0.264 e. The molecule has 1 N–H and O–H groups in total. The predicted molar refractivity (Wildman–Crippen MR) is 88.8 cm³/mol. The number of rotatable bonds is 2. The van der Waals surface area contributed by atoms with Crippen LogP contribution in [0, 0.1) is 0 Å². The van der Waals surface area contributed by atoms with Gasteiger partial charge in [-0.25, -0.2) is 0 Å². The van der Waals surface area contributed by atoms with E-state index < -0.39 is 0 Å². The van der Waals surface area contributed by atoms with Crippen LogP contribution in [0.25, 0.3) is 10.1 Å². The van der Waals surface area contributed by atoms with Crippen molar-refractivity contribution in [3.05, 3.63) is 34.7 Å². The highest BCUT2D eigenvalue weighted by atomic mass is 32.1. The molecule has 0 bridgehead atoms. The highest BCUT2D eigenvalue weighted by Gasteiger charge is 2.29. The van der Waals surface area contributed by atoms with Crippen molar-refractivity contribution in [2.75, 3.05) is 39.4 Å². The van der Waals surface area contributed by atoms with Crippen LogP contribution in [-0.4, -0.2) is 50.2 Å². The summed E-state index contributed by atoms with van der Waals surface area (Å²) in [5.74, 6) is 0.641. The van der Waals surface area contributed by atoms with E-state index >= 15 is 0 Å². The van der Waals surface area contributed by atoms with Gasteiger partial charge in [0.15, 0.2) is 0 Å². The second-order valence-electron chi connectivity index (χ2n) is 5.94. The number of hydrogen-bond donors (Lipinski definition) is 1. The lowest BCUT2D eigenvalue weighted by Crippen LogP contribution is -2.40. The molecule has 22 heavy (non-hydrogen) atoms. The molecule has 2 aliphatic rings. The lowest BCUT2D eigenvalue weighted by Gasteiger charge is -2.27. The second kappa shape index (κ2) is 5.99. The second-order valence-corrected chi connectivity index (χ2v) is 6.99. The number of morpholine rings is 1. The minimum atomic E-state index is 0.186. The van der Waals surface area contributed by atoms with Crippen molar-refractivity contribution in [2.24, 2.45) is 0 Å². The van der Waals surface area contributed by atoms with Crippen molar-refractivity contribution < 1.29 is 9.53 Å². The van der Waals surface area contributed by atoms with E-state index in [4.69, 9.17) is 4.74 Å². The summed E-state index contributed by atoms with van der Waals surface area (Å²) in [6.07, 6.45) is 1.12. The Kier molecular flexibility index (Phi) is 3.86. The van der Waals surface area contributed by atoms with Crippen LogP contribution in [0.3, 0.4) is 0 Å². The van der Waals surface area contributed by atoms with Crippen LogP contribution in [0.2, 0.25) is 0 Å². The number of carbonyl (C=O) groups is 1. The maximum absolute atomic E-state index is 13.0. The first-order chi connectivity index (χ1) is 10.8.